The van der Waals surface area contributed by atoms with Gasteiger partial charge in [-0.25, -0.2) is 4.79 Å². The fraction of sp³-hybridized carbons (Fsp3) is 0.0952. The van der Waals surface area contributed by atoms with Gasteiger partial charge in [-0.2, -0.15) is 0 Å². The fourth-order valence-corrected chi connectivity index (χ4v) is 2.31. The molecule has 3 rings (SSSR count). The Morgan fingerprint density at radius 1 is 0.800 bits per heavy atom. The summed E-state index contributed by atoms with van der Waals surface area (Å²) in [6.45, 7) is 0.526. The topological polar surface area (TPSA) is 55.8 Å². The highest BCUT2D eigenvalue weighted by molar-refractivity contribution is 5.92. The van der Waals surface area contributed by atoms with Crippen LogP contribution in [0, 0.1) is 0 Å². The first-order chi connectivity index (χ1) is 12.2. The van der Waals surface area contributed by atoms with E-state index >= 15 is 0 Å². The van der Waals surface area contributed by atoms with E-state index < -0.39 is 5.97 Å². The second-order valence-electron chi connectivity index (χ2n) is 5.51. The number of carbonyl (C=O) groups is 1. The molecule has 0 unspecified atom stereocenters. The highest BCUT2D eigenvalue weighted by Gasteiger charge is 2.14. The highest BCUT2D eigenvalue weighted by Crippen LogP contribution is 2.25. The number of ether oxygens (including phenoxy) is 2. The van der Waals surface area contributed by atoms with E-state index in [1.54, 1.807) is 6.07 Å². The van der Waals surface area contributed by atoms with E-state index in [1.165, 1.54) is 12.1 Å². The Morgan fingerprint density at radius 3 is 2.04 bits per heavy atom. The minimum Gasteiger partial charge on any atom is -0.507 e. The molecule has 0 spiro atoms. The van der Waals surface area contributed by atoms with Crippen molar-refractivity contribution in [1.29, 1.82) is 0 Å². The molecule has 0 fully saturated rings. The zero-order valence-corrected chi connectivity index (χ0v) is 13.6. The summed E-state index contributed by atoms with van der Waals surface area (Å²) in [5.41, 5.74) is 1.98. The van der Waals surface area contributed by atoms with Crippen LogP contribution in [-0.2, 0) is 18.0 Å². The molecule has 0 saturated heterocycles. The first-order valence-electron chi connectivity index (χ1n) is 7.93. The maximum Gasteiger partial charge on any atom is 0.342 e. The number of phenolic OH excluding ortho intramolecular Hbond substituents is 1. The van der Waals surface area contributed by atoms with E-state index in [0.717, 1.165) is 11.1 Å². The summed E-state index contributed by atoms with van der Waals surface area (Å²) in [7, 11) is 0. The van der Waals surface area contributed by atoms with Crippen molar-refractivity contribution in [3.05, 3.63) is 95.6 Å². The molecule has 0 heterocycles. The third-order valence-electron chi connectivity index (χ3n) is 3.65. The van der Waals surface area contributed by atoms with Crippen molar-refractivity contribution < 1.29 is 19.4 Å². The standard InChI is InChI=1S/C21H18O4/c22-20-12-11-18(24-14-16-7-3-1-4-8-16)13-19(20)21(23)25-15-17-9-5-2-6-10-17/h1-13,22H,14-15H2. The molecule has 0 bridgehead atoms. The molecule has 0 aliphatic heterocycles. The average Bonchev–Trinajstić information content (AvgIpc) is 2.67. The zero-order chi connectivity index (χ0) is 17.5. The van der Waals surface area contributed by atoms with Crippen LogP contribution in [0.5, 0.6) is 11.5 Å². The van der Waals surface area contributed by atoms with Crippen LogP contribution in [0.25, 0.3) is 0 Å². The Labute approximate surface area is 146 Å². The summed E-state index contributed by atoms with van der Waals surface area (Å²) in [4.78, 5) is 12.2. The van der Waals surface area contributed by atoms with Gasteiger partial charge in [0.1, 0.15) is 30.3 Å². The lowest BCUT2D eigenvalue weighted by Gasteiger charge is -2.10. The molecule has 4 nitrogen and oxygen atoms in total. The Hall–Kier alpha value is -3.27. The van der Waals surface area contributed by atoms with E-state index in [0.29, 0.717) is 12.4 Å². The van der Waals surface area contributed by atoms with Crippen LogP contribution in [0.15, 0.2) is 78.9 Å². The van der Waals surface area contributed by atoms with Gasteiger partial charge >= 0.3 is 5.97 Å². The molecule has 3 aromatic rings. The molecule has 3 aromatic carbocycles. The number of rotatable bonds is 6. The van der Waals surface area contributed by atoms with Crippen LogP contribution in [0.2, 0.25) is 0 Å². The molecular weight excluding hydrogens is 316 g/mol. The summed E-state index contributed by atoms with van der Waals surface area (Å²) < 4.78 is 10.9. The smallest absolute Gasteiger partial charge is 0.342 e. The molecule has 0 aliphatic rings. The molecule has 126 valence electrons. The Kier molecular flexibility index (Phi) is 5.32. The largest absolute Gasteiger partial charge is 0.507 e. The van der Waals surface area contributed by atoms with Gasteiger partial charge in [0.25, 0.3) is 0 Å². The van der Waals surface area contributed by atoms with E-state index in [-0.39, 0.29) is 17.9 Å². The van der Waals surface area contributed by atoms with Gasteiger partial charge in [0.2, 0.25) is 0 Å². The van der Waals surface area contributed by atoms with Gasteiger partial charge in [0.05, 0.1) is 0 Å². The number of phenols is 1. The van der Waals surface area contributed by atoms with Gasteiger partial charge in [-0.3, -0.25) is 0 Å². The molecule has 0 radical (unpaired) electrons. The van der Waals surface area contributed by atoms with Gasteiger partial charge < -0.3 is 14.6 Å². The molecule has 0 aromatic heterocycles. The summed E-state index contributed by atoms with van der Waals surface area (Å²) in [6.07, 6.45) is 0. The fourth-order valence-electron chi connectivity index (χ4n) is 2.31. The van der Waals surface area contributed by atoms with Crippen molar-refractivity contribution in [3.63, 3.8) is 0 Å². The monoisotopic (exact) mass is 334 g/mol. The lowest BCUT2D eigenvalue weighted by molar-refractivity contribution is 0.0469. The molecule has 0 atom stereocenters. The summed E-state index contributed by atoms with van der Waals surface area (Å²) in [5, 5.41) is 9.93. The predicted octanol–water partition coefficient (Wildman–Crippen LogP) is 4.33. The van der Waals surface area contributed by atoms with Gasteiger partial charge in [-0.1, -0.05) is 60.7 Å². The van der Waals surface area contributed by atoms with Crippen molar-refractivity contribution in [3.8, 4) is 11.5 Å². The number of hydrogen-bond acceptors (Lipinski definition) is 4. The minimum atomic E-state index is -0.591. The summed E-state index contributed by atoms with van der Waals surface area (Å²) >= 11 is 0. The summed E-state index contributed by atoms with van der Waals surface area (Å²) in [6, 6.07) is 23.6. The van der Waals surface area contributed by atoms with Crippen molar-refractivity contribution >= 4 is 5.97 Å². The SMILES string of the molecule is O=C(OCc1ccccc1)c1cc(OCc2ccccc2)ccc1O. The lowest BCUT2D eigenvalue weighted by atomic mass is 10.2. The molecular formula is C21H18O4. The van der Waals surface area contributed by atoms with E-state index in [9.17, 15) is 9.90 Å². The molecule has 4 heteroatoms. The maximum atomic E-state index is 12.2. The Morgan fingerprint density at radius 2 is 1.40 bits per heavy atom. The Balaban J connectivity index is 1.65. The lowest BCUT2D eigenvalue weighted by Crippen LogP contribution is -2.06. The van der Waals surface area contributed by atoms with Crippen molar-refractivity contribution in [2.75, 3.05) is 0 Å². The van der Waals surface area contributed by atoms with Crippen LogP contribution >= 0.6 is 0 Å². The predicted molar refractivity (Wildman–Crippen MR) is 94.4 cm³/mol. The summed E-state index contributed by atoms with van der Waals surface area (Å²) in [5.74, 6) is -0.232. The van der Waals surface area contributed by atoms with Crippen LogP contribution in [0.4, 0.5) is 0 Å². The van der Waals surface area contributed by atoms with Crippen LogP contribution in [0.3, 0.4) is 0 Å². The third-order valence-corrected chi connectivity index (χ3v) is 3.65. The molecule has 1 N–H and O–H groups in total. The van der Waals surface area contributed by atoms with Crippen LogP contribution in [-0.4, -0.2) is 11.1 Å². The first-order valence-corrected chi connectivity index (χ1v) is 7.93. The Bertz CT molecular complexity index is 829. The van der Waals surface area contributed by atoms with Crippen molar-refractivity contribution in [2.24, 2.45) is 0 Å². The quantitative estimate of drug-likeness (QED) is 0.682. The third kappa shape index (κ3) is 4.61. The molecule has 0 amide bonds. The first kappa shape index (κ1) is 16.6. The van der Waals surface area contributed by atoms with E-state index in [2.05, 4.69) is 0 Å². The van der Waals surface area contributed by atoms with Crippen LogP contribution < -0.4 is 4.74 Å². The zero-order valence-electron chi connectivity index (χ0n) is 13.6. The van der Waals surface area contributed by atoms with Gasteiger partial charge in [-0.05, 0) is 29.3 Å². The van der Waals surface area contributed by atoms with Crippen molar-refractivity contribution in [2.45, 2.75) is 13.2 Å². The van der Waals surface area contributed by atoms with Gasteiger partial charge in [-0.15, -0.1) is 0 Å². The number of esters is 1. The van der Waals surface area contributed by atoms with E-state index in [1.807, 2.05) is 60.7 Å². The number of hydrogen-bond donors (Lipinski definition) is 1. The van der Waals surface area contributed by atoms with Crippen LogP contribution in [0.1, 0.15) is 21.5 Å². The highest BCUT2D eigenvalue weighted by atomic mass is 16.5. The number of carbonyl (C=O) groups excluding carboxylic acids is 1. The second-order valence-corrected chi connectivity index (χ2v) is 5.51. The minimum absolute atomic E-state index is 0.0847. The molecule has 25 heavy (non-hydrogen) atoms. The second kappa shape index (κ2) is 8.02. The van der Waals surface area contributed by atoms with Crippen molar-refractivity contribution in [1.82, 2.24) is 0 Å². The molecule has 0 aliphatic carbocycles. The van der Waals surface area contributed by atoms with Gasteiger partial charge in [0.15, 0.2) is 0 Å². The number of aromatic hydroxyl groups is 1. The maximum absolute atomic E-state index is 12.2. The average molecular weight is 334 g/mol. The number of benzene rings is 3. The normalized spacial score (nSPS) is 10.2. The van der Waals surface area contributed by atoms with E-state index in [4.69, 9.17) is 9.47 Å². The van der Waals surface area contributed by atoms with Gasteiger partial charge in [0, 0.05) is 0 Å². The molecule has 0 saturated carbocycles.